The van der Waals surface area contributed by atoms with E-state index in [1.807, 2.05) is 24.3 Å². The first-order valence-corrected chi connectivity index (χ1v) is 12.4. The first-order valence-electron chi connectivity index (χ1n) is 11.5. The number of hydrogen-bond acceptors (Lipinski definition) is 6. The highest BCUT2D eigenvalue weighted by Crippen LogP contribution is 2.39. The van der Waals surface area contributed by atoms with Crippen LogP contribution < -0.4 is 19.9 Å². The lowest BCUT2D eigenvalue weighted by molar-refractivity contribution is 0.239. The number of ether oxygens (including phenoxy) is 2. The third-order valence-electron chi connectivity index (χ3n) is 6.31. The van der Waals surface area contributed by atoms with Crippen LogP contribution in [0.15, 0.2) is 58.7 Å². The maximum absolute atomic E-state index is 11.5. The molecule has 172 valence electrons. The summed E-state index contributed by atoms with van der Waals surface area (Å²) in [6.45, 7) is 5.98. The molecule has 5 rings (SSSR count). The number of nitrogens with one attached hydrogen (secondary N) is 1. The molecule has 0 unspecified atom stereocenters. The average molecular weight is 464 g/mol. The summed E-state index contributed by atoms with van der Waals surface area (Å²) in [5, 5.41) is 4.35. The van der Waals surface area contributed by atoms with Crippen molar-refractivity contribution < 1.29 is 9.47 Å². The second-order valence-corrected chi connectivity index (χ2v) is 9.32. The lowest BCUT2D eigenvalue weighted by atomic mass is 10.1. The Morgan fingerprint density at radius 3 is 2.73 bits per heavy atom. The van der Waals surface area contributed by atoms with Crippen molar-refractivity contribution in [1.82, 2.24) is 9.88 Å². The molecule has 1 saturated heterocycles. The van der Waals surface area contributed by atoms with Crippen molar-refractivity contribution in [2.24, 2.45) is 0 Å². The first kappa shape index (κ1) is 21.8. The van der Waals surface area contributed by atoms with E-state index in [0.717, 1.165) is 68.0 Å². The van der Waals surface area contributed by atoms with Crippen molar-refractivity contribution in [2.45, 2.75) is 12.8 Å². The second-order valence-electron chi connectivity index (χ2n) is 8.41. The molecule has 1 aliphatic rings. The number of anilines is 1. The standard InChI is InChI=1S/C26H29N3O3S/c1-31-23-18-33-24-6-4-5-22(26(23)24)29-14-12-28(13-15-29)11-2-3-16-32-20-9-7-19-8-10-25(30)27-21(19)17-20/h4-10,17-18H,2-3,11-16H2,1H3,(H,27,30). The third-order valence-corrected chi connectivity index (χ3v) is 7.24. The quantitative estimate of drug-likeness (QED) is 0.383. The molecule has 6 nitrogen and oxygen atoms in total. The molecule has 0 atom stereocenters. The Morgan fingerprint density at radius 1 is 1.03 bits per heavy atom. The summed E-state index contributed by atoms with van der Waals surface area (Å²) in [5.74, 6) is 1.78. The van der Waals surface area contributed by atoms with Crippen molar-refractivity contribution in [1.29, 1.82) is 0 Å². The highest BCUT2D eigenvalue weighted by molar-refractivity contribution is 7.17. The minimum atomic E-state index is -0.0918. The van der Waals surface area contributed by atoms with Gasteiger partial charge in [0.05, 0.1) is 24.6 Å². The van der Waals surface area contributed by atoms with Gasteiger partial charge in [0.2, 0.25) is 5.56 Å². The lowest BCUT2D eigenvalue weighted by Gasteiger charge is -2.36. The number of pyridine rings is 1. The van der Waals surface area contributed by atoms with Crippen LogP contribution in [0.25, 0.3) is 21.0 Å². The number of hydrogen-bond donors (Lipinski definition) is 1. The number of H-pyrrole nitrogens is 1. The van der Waals surface area contributed by atoms with Gasteiger partial charge in [-0.05, 0) is 55.1 Å². The van der Waals surface area contributed by atoms with Crippen molar-refractivity contribution in [3.63, 3.8) is 0 Å². The van der Waals surface area contributed by atoms with E-state index in [-0.39, 0.29) is 5.56 Å². The van der Waals surface area contributed by atoms with E-state index in [1.165, 1.54) is 15.8 Å². The van der Waals surface area contributed by atoms with E-state index in [2.05, 4.69) is 38.4 Å². The summed E-state index contributed by atoms with van der Waals surface area (Å²) >= 11 is 1.74. The largest absolute Gasteiger partial charge is 0.495 e. The SMILES string of the molecule is COc1csc2cccc(N3CCN(CCCCOc4ccc5ccc(=O)[nH]c5c4)CC3)c12. The molecule has 0 saturated carbocycles. The Labute approximate surface area is 197 Å². The van der Waals surface area contributed by atoms with Gasteiger partial charge in [-0.15, -0.1) is 11.3 Å². The van der Waals surface area contributed by atoms with Crippen molar-refractivity contribution in [2.75, 3.05) is 51.3 Å². The van der Waals surface area contributed by atoms with Gasteiger partial charge in [0, 0.05) is 54.1 Å². The van der Waals surface area contributed by atoms with E-state index in [9.17, 15) is 4.79 Å². The zero-order valence-electron chi connectivity index (χ0n) is 18.9. The van der Waals surface area contributed by atoms with Gasteiger partial charge < -0.3 is 19.4 Å². The summed E-state index contributed by atoms with van der Waals surface area (Å²) < 4.78 is 12.8. The van der Waals surface area contributed by atoms with Crippen molar-refractivity contribution >= 4 is 38.0 Å². The van der Waals surface area contributed by atoms with Crippen LogP contribution in [-0.2, 0) is 0 Å². The Kier molecular flexibility index (Phi) is 6.51. The summed E-state index contributed by atoms with van der Waals surface area (Å²) in [5.41, 5.74) is 2.01. The van der Waals surface area contributed by atoms with Crippen LogP contribution >= 0.6 is 11.3 Å². The fourth-order valence-corrected chi connectivity index (χ4v) is 5.44. The summed E-state index contributed by atoms with van der Waals surface area (Å²) in [7, 11) is 1.75. The molecule has 33 heavy (non-hydrogen) atoms. The number of methoxy groups -OCH3 is 1. The molecule has 1 aliphatic heterocycles. The van der Waals surface area contributed by atoms with Gasteiger partial charge in [-0.2, -0.15) is 0 Å². The lowest BCUT2D eigenvalue weighted by Crippen LogP contribution is -2.46. The van der Waals surface area contributed by atoms with Crippen LogP contribution in [0, 0.1) is 0 Å². The molecular formula is C26H29N3O3S. The number of fused-ring (bicyclic) bond motifs is 2. The van der Waals surface area contributed by atoms with Gasteiger partial charge >= 0.3 is 0 Å². The molecule has 0 bridgehead atoms. The van der Waals surface area contributed by atoms with Crippen LogP contribution in [0.2, 0.25) is 0 Å². The monoisotopic (exact) mass is 463 g/mol. The Bertz CT molecular complexity index is 1290. The van der Waals surface area contributed by atoms with Crippen molar-refractivity contribution in [3.8, 4) is 11.5 Å². The fourth-order valence-electron chi connectivity index (χ4n) is 4.51. The predicted molar refractivity (Wildman–Crippen MR) is 136 cm³/mol. The minimum Gasteiger partial charge on any atom is -0.495 e. The summed E-state index contributed by atoms with van der Waals surface area (Å²) in [6, 6.07) is 15.7. The van der Waals surface area contributed by atoms with Crippen LogP contribution in [0.3, 0.4) is 0 Å². The van der Waals surface area contributed by atoms with Crippen LogP contribution in [-0.4, -0.2) is 56.3 Å². The molecule has 2 aromatic heterocycles. The van der Waals surface area contributed by atoms with E-state index in [4.69, 9.17) is 9.47 Å². The van der Waals surface area contributed by atoms with Gasteiger partial charge in [0.1, 0.15) is 11.5 Å². The number of thiophene rings is 1. The van der Waals surface area contributed by atoms with Crippen LogP contribution in [0.1, 0.15) is 12.8 Å². The maximum atomic E-state index is 11.5. The highest BCUT2D eigenvalue weighted by Gasteiger charge is 2.20. The van der Waals surface area contributed by atoms with Gasteiger partial charge in [-0.3, -0.25) is 9.69 Å². The number of aromatic nitrogens is 1. The number of nitrogens with zero attached hydrogens (tertiary/aromatic N) is 2. The summed E-state index contributed by atoms with van der Waals surface area (Å²) in [4.78, 5) is 19.4. The molecule has 0 amide bonds. The highest BCUT2D eigenvalue weighted by atomic mass is 32.1. The zero-order valence-corrected chi connectivity index (χ0v) is 19.7. The molecule has 0 spiro atoms. The van der Waals surface area contributed by atoms with Gasteiger partial charge in [-0.25, -0.2) is 0 Å². The van der Waals surface area contributed by atoms with Gasteiger partial charge in [0.15, 0.2) is 0 Å². The molecule has 1 N–H and O–H groups in total. The topological polar surface area (TPSA) is 57.8 Å². The van der Waals surface area contributed by atoms with Gasteiger partial charge in [0.25, 0.3) is 0 Å². The average Bonchev–Trinajstić information content (AvgIpc) is 3.27. The second kappa shape index (κ2) is 9.85. The molecule has 7 heteroatoms. The number of piperazine rings is 1. The van der Waals surface area contributed by atoms with E-state index >= 15 is 0 Å². The Balaban J connectivity index is 1.08. The van der Waals surface area contributed by atoms with E-state index in [0.29, 0.717) is 6.61 Å². The molecule has 0 aliphatic carbocycles. The Morgan fingerprint density at radius 2 is 1.88 bits per heavy atom. The molecule has 0 radical (unpaired) electrons. The fraction of sp³-hybridized carbons (Fsp3) is 0.346. The maximum Gasteiger partial charge on any atom is 0.248 e. The normalized spacial score (nSPS) is 14.8. The molecule has 2 aromatic carbocycles. The molecule has 1 fully saturated rings. The van der Waals surface area contributed by atoms with E-state index < -0.39 is 0 Å². The third kappa shape index (κ3) is 4.84. The smallest absolute Gasteiger partial charge is 0.248 e. The van der Waals surface area contributed by atoms with Crippen LogP contribution in [0.5, 0.6) is 11.5 Å². The van der Waals surface area contributed by atoms with Crippen molar-refractivity contribution in [3.05, 3.63) is 64.3 Å². The number of aromatic amines is 1. The molecule has 4 aromatic rings. The van der Waals surface area contributed by atoms with Crippen LogP contribution in [0.4, 0.5) is 5.69 Å². The van der Waals surface area contributed by atoms with E-state index in [1.54, 1.807) is 24.5 Å². The molecule has 3 heterocycles. The summed E-state index contributed by atoms with van der Waals surface area (Å²) in [6.07, 6.45) is 2.12. The minimum absolute atomic E-state index is 0.0918. The van der Waals surface area contributed by atoms with Gasteiger partial charge in [-0.1, -0.05) is 6.07 Å². The first-order chi connectivity index (χ1) is 16.2. The zero-order chi connectivity index (χ0) is 22.6. The number of benzene rings is 2. The molecular weight excluding hydrogens is 434 g/mol. The number of unbranched alkanes of at least 4 members (excludes halogenated alkanes) is 1. The predicted octanol–water partition coefficient (Wildman–Crippen LogP) is 4.73. The Hall–Kier alpha value is -3.03. The number of rotatable bonds is 8.